The fourth-order valence-corrected chi connectivity index (χ4v) is 5.52. The molecule has 1 amide bonds. The SMILES string of the molecule is COc1ccc(-n2c(C(=O)CCc3ccc4[nH]ncc4c3)c3n(c2=O)CCN(C(=O)c2ccc(Cl)c(Cl)c2)C3)cc1. The number of methoxy groups -OCH3 is 1. The van der Waals surface area contributed by atoms with Crippen molar-refractivity contribution in [2.24, 2.45) is 0 Å². The number of Topliss-reactive ketones (excluding diaryl/α,β-unsaturated/α-hetero) is 1. The number of ether oxygens (including phenoxy) is 1. The third-order valence-electron chi connectivity index (χ3n) is 7.37. The molecule has 11 heteroatoms. The molecule has 0 radical (unpaired) electrons. The summed E-state index contributed by atoms with van der Waals surface area (Å²) in [7, 11) is 1.56. The first-order valence-corrected chi connectivity index (χ1v) is 13.8. The van der Waals surface area contributed by atoms with Crippen molar-refractivity contribution < 1.29 is 14.3 Å². The number of aryl methyl sites for hydroxylation is 1. The van der Waals surface area contributed by atoms with Gasteiger partial charge >= 0.3 is 5.69 Å². The van der Waals surface area contributed by atoms with Crippen LogP contribution >= 0.6 is 23.2 Å². The number of rotatable bonds is 7. The summed E-state index contributed by atoms with van der Waals surface area (Å²) in [4.78, 5) is 42.6. The molecule has 0 saturated heterocycles. The van der Waals surface area contributed by atoms with Gasteiger partial charge in [0, 0.05) is 30.5 Å². The Hall–Kier alpha value is -4.34. The highest BCUT2D eigenvalue weighted by molar-refractivity contribution is 6.42. The van der Waals surface area contributed by atoms with Crippen molar-refractivity contribution in [3.63, 3.8) is 0 Å². The van der Waals surface area contributed by atoms with E-state index in [1.165, 1.54) is 10.6 Å². The number of amides is 1. The molecule has 1 N–H and O–H groups in total. The lowest BCUT2D eigenvalue weighted by Crippen LogP contribution is -2.41. The molecule has 9 nitrogen and oxygen atoms in total. The predicted octanol–water partition coefficient (Wildman–Crippen LogP) is 5.30. The minimum atomic E-state index is -0.324. The van der Waals surface area contributed by atoms with Crippen molar-refractivity contribution >= 4 is 45.8 Å². The molecular weight excluding hydrogens is 565 g/mol. The van der Waals surface area contributed by atoms with Crippen LogP contribution in [0.4, 0.5) is 0 Å². The maximum Gasteiger partial charge on any atom is 0.333 e. The maximum atomic E-state index is 13.9. The molecule has 5 aromatic rings. The molecule has 208 valence electrons. The monoisotopic (exact) mass is 589 g/mol. The number of aromatic amines is 1. The van der Waals surface area contributed by atoms with Gasteiger partial charge in [0.25, 0.3) is 5.91 Å². The highest BCUT2D eigenvalue weighted by Crippen LogP contribution is 2.27. The lowest BCUT2D eigenvalue weighted by molar-refractivity contribution is 0.0707. The average Bonchev–Trinajstić information content (AvgIpc) is 3.58. The number of hydrogen-bond acceptors (Lipinski definition) is 5. The Bertz CT molecular complexity index is 1860. The van der Waals surface area contributed by atoms with Crippen LogP contribution in [0.15, 0.2) is 71.7 Å². The molecule has 6 rings (SSSR count). The second-order valence-electron chi connectivity index (χ2n) is 9.83. The normalized spacial score (nSPS) is 12.9. The number of benzene rings is 3. The number of halogens is 2. The van der Waals surface area contributed by atoms with Crippen molar-refractivity contribution in [3.05, 3.63) is 110 Å². The minimum Gasteiger partial charge on any atom is -0.497 e. The van der Waals surface area contributed by atoms with Crippen molar-refractivity contribution in [1.82, 2.24) is 24.2 Å². The number of fused-ring (bicyclic) bond motifs is 2. The zero-order valence-corrected chi connectivity index (χ0v) is 23.6. The molecule has 1 aliphatic heterocycles. The number of carbonyl (C=O) groups is 2. The van der Waals surface area contributed by atoms with E-state index in [0.29, 0.717) is 40.7 Å². The zero-order chi connectivity index (χ0) is 28.7. The molecule has 1 aliphatic rings. The standard InChI is InChI=1S/C30H25Cl2N5O4/c1-41-22-7-5-21(6-8-22)37-28(27(38)11-3-18-2-10-25-20(14-18)16-33-34-25)26-17-35(12-13-36(26)30(37)40)29(39)19-4-9-23(31)24(32)15-19/h2,4-10,14-16H,3,11-13,17H2,1H3,(H,33,34). The van der Waals surface area contributed by atoms with E-state index in [2.05, 4.69) is 10.2 Å². The first-order chi connectivity index (χ1) is 19.8. The molecule has 0 saturated carbocycles. The third kappa shape index (κ3) is 5.03. The molecule has 0 bridgehead atoms. The van der Waals surface area contributed by atoms with Crippen molar-refractivity contribution in [2.45, 2.75) is 25.9 Å². The molecular formula is C30H25Cl2N5O4. The van der Waals surface area contributed by atoms with Gasteiger partial charge in [0.15, 0.2) is 5.78 Å². The summed E-state index contributed by atoms with van der Waals surface area (Å²) in [6.45, 7) is 0.651. The number of nitrogens with one attached hydrogen (secondary N) is 1. The molecule has 2 aromatic heterocycles. The number of imidazole rings is 1. The Kier molecular flexibility index (Phi) is 7.15. The summed E-state index contributed by atoms with van der Waals surface area (Å²) in [6.07, 6.45) is 2.40. The smallest absolute Gasteiger partial charge is 0.333 e. The molecule has 3 aromatic carbocycles. The van der Waals surface area contributed by atoms with Crippen LogP contribution in [0.1, 0.15) is 38.5 Å². The van der Waals surface area contributed by atoms with Crippen LogP contribution in [0.25, 0.3) is 16.6 Å². The fraction of sp³-hybridized carbons (Fsp3) is 0.200. The van der Waals surface area contributed by atoms with E-state index in [9.17, 15) is 14.4 Å². The highest BCUT2D eigenvalue weighted by Gasteiger charge is 2.32. The predicted molar refractivity (Wildman–Crippen MR) is 157 cm³/mol. The van der Waals surface area contributed by atoms with Crippen LogP contribution < -0.4 is 10.4 Å². The summed E-state index contributed by atoms with van der Waals surface area (Å²) in [6, 6.07) is 17.6. The van der Waals surface area contributed by atoms with Crippen molar-refractivity contribution in [2.75, 3.05) is 13.7 Å². The van der Waals surface area contributed by atoms with Gasteiger partial charge in [0.2, 0.25) is 0 Å². The van der Waals surface area contributed by atoms with Crippen LogP contribution in [0, 0.1) is 0 Å². The number of ketones is 1. The van der Waals surface area contributed by atoms with Crippen LogP contribution in [0.2, 0.25) is 10.0 Å². The summed E-state index contributed by atoms with van der Waals surface area (Å²) < 4.78 is 8.32. The second kappa shape index (κ2) is 10.9. The number of nitrogens with zero attached hydrogens (tertiary/aromatic N) is 4. The van der Waals surface area contributed by atoms with E-state index >= 15 is 0 Å². The molecule has 0 aliphatic carbocycles. The van der Waals surface area contributed by atoms with E-state index in [1.807, 2.05) is 18.2 Å². The minimum absolute atomic E-state index is 0.0968. The van der Waals surface area contributed by atoms with Gasteiger partial charge in [0.05, 0.1) is 46.8 Å². The van der Waals surface area contributed by atoms with E-state index in [1.54, 1.807) is 59.2 Å². The highest BCUT2D eigenvalue weighted by atomic mass is 35.5. The van der Waals surface area contributed by atoms with Crippen LogP contribution in [-0.4, -0.2) is 49.6 Å². The second-order valence-corrected chi connectivity index (χ2v) is 10.6. The van der Waals surface area contributed by atoms with Gasteiger partial charge < -0.3 is 9.64 Å². The lowest BCUT2D eigenvalue weighted by atomic mass is 10.0. The zero-order valence-electron chi connectivity index (χ0n) is 22.1. The van der Waals surface area contributed by atoms with Crippen LogP contribution in [0.3, 0.4) is 0 Å². The van der Waals surface area contributed by atoms with Crippen molar-refractivity contribution in [3.8, 4) is 11.4 Å². The van der Waals surface area contributed by atoms with Gasteiger partial charge in [-0.25, -0.2) is 4.79 Å². The molecule has 0 atom stereocenters. The van der Waals surface area contributed by atoms with Gasteiger partial charge in [-0.3, -0.25) is 23.8 Å². The Morgan fingerprint density at radius 1 is 1.00 bits per heavy atom. The van der Waals surface area contributed by atoms with Gasteiger partial charge in [-0.1, -0.05) is 29.3 Å². The maximum absolute atomic E-state index is 13.9. The van der Waals surface area contributed by atoms with Gasteiger partial charge in [-0.15, -0.1) is 0 Å². The first kappa shape index (κ1) is 26.9. The molecule has 0 fully saturated rings. The Balaban J connectivity index is 1.36. The topological polar surface area (TPSA) is 102 Å². The molecule has 41 heavy (non-hydrogen) atoms. The lowest BCUT2D eigenvalue weighted by Gasteiger charge is -2.28. The fourth-order valence-electron chi connectivity index (χ4n) is 5.23. The molecule has 0 spiro atoms. The summed E-state index contributed by atoms with van der Waals surface area (Å²) >= 11 is 12.2. The Morgan fingerprint density at radius 2 is 1.80 bits per heavy atom. The number of H-pyrrole nitrogens is 1. The quantitative estimate of drug-likeness (QED) is 0.259. The number of hydrogen-bond donors (Lipinski definition) is 1. The van der Waals surface area contributed by atoms with E-state index < -0.39 is 0 Å². The van der Waals surface area contributed by atoms with Crippen LogP contribution in [-0.2, 0) is 19.5 Å². The van der Waals surface area contributed by atoms with Gasteiger partial charge in [-0.05, 0) is 66.6 Å². The van der Waals surface area contributed by atoms with Gasteiger partial charge in [-0.2, -0.15) is 5.10 Å². The number of carbonyl (C=O) groups excluding carboxylic acids is 2. The summed E-state index contributed by atoms with van der Waals surface area (Å²) in [5, 5.41) is 8.58. The van der Waals surface area contributed by atoms with Gasteiger partial charge in [0.1, 0.15) is 11.4 Å². The summed E-state index contributed by atoms with van der Waals surface area (Å²) in [5.74, 6) is 0.181. The average molecular weight is 590 g/mol. The Morgan fingerprint density at radius 3 is 2.56 bits per heavy atom. The van der Waals surface area contributed by atoms with Crippen LogP contribution in [0.5, 0.6) is 5.75 Å². The van der Waals surface area contributed by atoms with E-state index in [4.69, 9.17) is 27.9 Å². The number of aromatic nitrogens is 4. The summed E-state index contributed by atoms with van der Waals surface area (Å²) in [5.41, 5.74) is 3.28. The van der Waals surface area contributed by atoms with E-state index in [-0.39, 0.29) is 47.6 Å². The molecule has 3 heterocycles. The largest absolute Gasteiger partial charge is 0.497 e. The Labute approximate surface area is 244 Å². The van der Waals surface area contributed by atoms with Crippen molar-refractivity contribution in [1.29, 1.82) is 0 Å². The first-order valence-electron chi connectivity index (χ1n) is 13.0. The third-order valence-corrected chi connectivity index (χ3v) is 8.11. The van der Waals surface area contributed by atoms with E-state index in [0.717, 1.165) is 16.5 Å². The molecule has 0 unspecified atom stereocenters.